The molecule has 2 fully saturated rings. The highest BCUT2D eigenvalue weighted by Crippen LogP contribution is 2.31. The zero-order valence-corrected chi connectivity index (χ0v) is 16.2. The molecule has 0 aromatic heterocycles. The van der Waals surface area contributed by atoms with Gasteiger partial charge in [-0.1, -0.05) is 0 Å². The van der Waals surface area contributed by atoms with Gasteiger partial charge in [-0.2, -0.15) is 8.42 Å². The Labute approximate surface area is 162 Å². The molecule has 1 amide bonds. The molecule has 2 unspecified atom stereocenters. The van der Waals surface area contributed by atoms with Crippen molar-refractivity contribution in [2.75, 3.05) is 43.6 Å². The molecule has 0 bridgehead atoms. The summed E-state index contributed by atoms with van der Waals surface area (Å²) in [4.78, 5) is 24.2. The van der Waals surface area contributed by atoms with E-state index in [1.807, 2.05) is 0 Å². The fourth-order valence-corrected chi connectivity index (χ4v) is 4.45. The van der Waals surface area contributed by atoms with Crippen molar-refractivity contribution < 1.29 is 32.0 Å². The second-order valence-electron chi connectivity index (χ2n) is 6.30. The average molecular weight is 414 g/mol. The van der Waals surface area contributed by atoms with Crippen LogP contribution in [-0.2, 0) is 24.4 Å². The van der Waals surface area contributed by atoms with Gasteiger partial charge in [0.1, 0.15) is 12.7 Å². The minimum atomic E-state index is -4.62. The summed E-state index contributed by atoms with van der Waals surface area (Å²) in [5.41, 5.74) is 1.23. The quantitative estimate of drug-likeness (QED) is 0.300. The van der Waals surface area contributed by atoms with Gasteiger partial charge in [0.25, 0.3) is 0 Å². The number of amides is 1. The van der Waals surface area contributed by atoms with Crippen LogP contribution in [0.1, 0.15) is 0 Å². The largest absolute Gasteiger partial charge is 0.447 e. The normalized spacial score (nSPS) is 23.2. The van der Waals surface area contributed by atoms with E-state index in [1.165, 1.54) is 19.0 Å². The van der Waals surface area contributed by atoms with E-state index < -0.39 is 33.5 Å². The zero-order valence-electron chi connectivity index (χ0n) is 15.4. The molecule has 3 N–H and O–H groups in total. The van der Waals surface area contributed by atoms with Crippen LogP contribution in [0.15, 0.2) is 24.3 Å². The SMILES string of the molecule is CNC(NC)(C1CN(c2ccc(N3CCOC3=O)cc2)C(C=O)O1)S(=O)(=O)O. The lowest BCUT2D eigenvalue weighted by Crippen LogP contribution is -2.67. The molecule has 0 aliphatic carbocycles. The molecular formula is C16H22N4O7S. The number of ether oxygens (including phenoxy) is 2. The first kappa shape index (κ1) is 20.5. The Hall–Kier alpha value is -2.25. The van der Waals surface area contributed by atoms with Crippen molar-refractivity contribution in [3.8, 4) is 0 Å². The molecule has 2 atom stereocenters. The van der Waals surface area contributed by atoms with Crippen LogP contribution in [0.4, 0.5) is 16.2 Å². The minimum Gasteiger partial charge on any atom is -0.447 e. The maximum absolute atomic E-state index is 12.0. The monoisotopic (exact) mass is 414 g/mol. The second-order valence-corrected chi connectivity index (χ2v) is 7.89. The molecule has 11 nitrogen and oxygen atoms in total. The van der Waals surface area contributed by atoms with E-state index in [-0.39, 0.29) is 6.54 Å². The highest BCUT2D eigenvalue weighted by molar-refractivity contribution is 7.87. The van der Waals surface area contributed by atoms with Crippen LogP contribution >= 0.6 is 0 Å². The maximum atomic E-state index is 12.0. The molecule has 1 aromatic carbocycles. The van der Waals surface area contributed by atoms with E-state index in [1.54, 1.807) is 29.2 Å². The lowest BCUT2D eigenvalue weighted by Gasteiger charge is -2.34. The topological polar surface area (TPSA) is 138 Å². The van der Waals surface area contributed by atoms with Crippen molar-refractivity contribution in [2.45, 2.75) is 17.3 Å². The van der Waals surface area contributed by atoms with Crippen LogP contribution in [0.5, 0.6) is 0 Å². The van der Waals surface area contributed by atoms with E-state index in [0.717, 1.165) is 0 Å². The van der Waals surface area contributed by atoms with Crippen molar-refractivity contribution in [2.24, 2.45) is 0 Å². The summed E-state index contributed by atoms with van der Waals surface area (Å²) >= 11 is 0. The first-order valence-electron chi connectivity index (χ1n) is 8.54. The Kier molecular flexibility index (Phi) is 5.59. The third kappa shape index (κ3) is 3.33. The molecule has 0 spiro atoms. The van der Waals surface area contributed by atoms with Gasteiger partial charge in [-0.05, 0) is 38.4 Å². The van der Waals surface area contributed by atoms with Gasteiger partial charge in [-0.15, -0.1) is 0 Å². The lowest BCUT2D eigenvalue weighted by molar-refractivity contribution is -0.118. The molecule has 3 rings (SSSR count). The molecule has 154 valence electrons. The Bertz CT molecular complexity index is 841. The number of hydrogen-bond acceptors (Lipinski definition) is 9. The predicted octanol–water partition coefficient (Wildman–Crippen LogP) is -0.646. The number of nitrogens with zero attached hydrogens (tertiary/aromatic N) is 2. The molecule has 2 aliphatic heterocycles. The molecule has 0 saturated carbocycles. The van der Waals surface area contributed by atoms with Crippen LogP contribution in [-0.4, -0.2) is 76.5 Å². The highest BCUT2D eigenvalue weighted by Gasteiger charge is 2.53. The van der Waals surface area contributed by atoms with E-state index in [0.29, 0.717) is 30.8 Å². The number of benzene rings is 1. The van der Waals surface area contributed by atoms with Crippen molar-refractivity contribution in [1.29, 1.82) is 0 Å². The number of rotatable bonds is 7. The number of carbonyl (C=O) groups excluding carboxylic acids is 2. The molecule has 12 heteroatoms. The molecular weight excluding hydrogens is 392 g/mol. The number of hydrogen-bond donors (Lipinski definition) is 3. The molecule has 2 aliphatic rings. The van der Waals surface area contributed by atoms with Crippen LogP contribution in [0, 0.1) is 0 Å². The fraction of sp³-hybridized carbons (Fsp3) is 0.500. The Balaban J connectivity index is 1.86. The Morgan fingerprint density at radius 1 is 1.21 bits per heavy atom. The van der Waals surface area contributed by atoms with Gasteiger partial charge >= 0.3 is 16.2 Å². The van der Waals surface area contributed by atoms with Gasteiger partial charge in [0.15, 0.2) is 12.5 Å². The summed E-state index contributed by atoms with van der Waals surface area (Å²) in [6.07, 6.45) is -2.01. The van der Waals surface area contributed by atoms with E-state index in [2.05, 4.69) is 10.6 Å². The van der Waals surface area contributed by atoms with E-state index in [4.69, 9.17) is 9.47 Å². The van der Waals surface area contributed by atoms with Gasteiger partial charge in [0.05, 0.1) is 13.1 Å². The summed E-state index contributed by atoms with van der Waals surface area (Å²) in [5.74, 6) is 0. The van der Waals surface area contributed by atoms with E-state index >= 15 is 0 Å². The summed E-state index contributed by atoms with van der Waals surface area (Å²) in [5, 5.41) is 5.08. The third-order valence-electron chi connectivity index (χ3n) is 4.95. The maximum Gasteiger partial charge on any atom is 0.414 e. The van der Waals surface area contributed by atoms with Gasteiger partial charge in [-0.25, -0.2) is 4.79 Å². The average Bonchev–Trinajstić information content (AvgIpc) is 3.29. The Morgan fingerprint density at radius 2 is 1.82 bits per heavy atom. The first-order chi connectivity index (χ1) is 13.3. The van der Waals surface area contributed by atoms with Crippen molar-refractivity contribution >= 4 is 33.9 Å². The van der Waals surface area contributed by atoms with Crippen LogP contribution in [0.2, 0.25) is 0 Å². The number of likely N-dealkylation sites (N-methyl/N-ethyl adjacent to an activating group) is 2. The van der Waals surface area contributed by atoms with Gasteiger partial charge in [0.2, 0.25) is 4.99 Å². The number of anilines is 2. The summed E-state index contributed by atoms with van der Waals surface area (Å²) in [6, 6.07) is 6.78. The Morgan fingerprint density at radius 3 is 2.29 bits per heavy atom. The summed E-state index contributed by atoms with van der Waals surface area (Å²) in [6.45, 7) is 0.780. The third-order valence-corrected chi connectivity index (χ3v) is 6.43. The minimum absolute atomic E-state index is 0.00990. The molecule has 2 saturated heterocycles. The highest BCUT2D eigenvalue weighted by atomic mass is 32.2. The number of cyclic esters (lactones) is 1. The lowest BCUT2D eigenvalue weighted by atomic mass is 10.2. The van der Waals surface area contributed by atoms with Gasteiger partial charge in [-0.3, -0.25) is 24.9 Å². The summed E-state index contributed by atoms with van der Waals surface area (Å²) in [7, 11) is -1.90. The second kappa shape index (κ2) is 7.64. The van der Waals surface area contributed by atoms with Crippen LogP contribution in [0.3, 0.4) is 0 Å². The van der Waals surface area contributed by atoms with Crippen LogP contribution in [0.25, 0.3) is 0 Å². The molecule has 1 aromatic rings. The molecule has 2 heterocycles. The smallest absolute Gasteiger partial charge is 0.414 e. The van der Waals surface area contributed by atoms with Crippen LogP contribution < -0.4 is 20.4 Å². The van der Waals surface area contributed by atoms with Crippen molar-refractivity contribution in [3.05, 3.63) is 24.3 Å². The summed E-state index contributed by atoms with van der Waals surface area (Å²) < 4.78 is 44.1. The first-order valence-corrected chi connectivity index (χ1v) is 9.98. The number of carbonyl (C=O) groups is 2. The zero-order chi connectivity index (χ0) is 20.5. The predicted molar refractivity (Wildman–Crippen MR) is 99.6 cm³/mol. The van der Waals surface area contributed by atoms with Crippen molar-refractivity contribution in [3.63, 3.8) is 0 Å². The van der Waals surface area contributed by atoms with Crippen molar-refractivity contribution in [1.82, 2.24) is 10.6 Å². The fourth-order valence-electron chi connectivity index (χ4n) is 3.47. The number of nitrogens with one attached hydrogen (secondary N) is 2. The van der Waals surface area contributed by atoms with Gasteiger partial charge in [0, 0.05) is 11.4 Å². The number of aldehydes is 1. The molecule has 28 heavy (non-hydrogen) atoms. The van der Waals surface area contributed by atoms with E-state index in [9.17, 15) is 22.6 Å². The van der Waals surface area contributed by atoms with Gasteiger partial charge < -0.3 is 14.4 Å². The molecule has 0 radical (unpaired) electrons. The standard InChI is InChI=1S/C16H22N4O7S/c1-17-16(18-2,28(23,24)25)13-9-20(14(10-21)27-13)12-5-3-11(4-6-12)19-7-8-26-15(19)22/h3-6,10,13-14,17-18H,7-9H2,1-2H3,(H,23,24,25).